The average molecular weight is 395 g/mol. The first kappa shape index (κ1) is 17.7. The Bertz CT molecular complexity index is 1400. The number of rotatable bonds is 4. The quantitative estimate of drug-likeness (QED) is 0.463. The normalized spacial score (nSPS) is 10.9. The Morgan fingerprint density at radius 2 is 1.93 bits per heavy atom. The maximum Gasteiger partial charge on any atom is 0.234 e. The summed E-state index contributed by atoms with van der Waals surface area (Å²) in [6.07, 6.45) is 6.96. The summed E-state index contributed by atoms with van der Waals surface area (Å²) in [5.41, 5.74) is 3.70. The molecule has 5 aromatic rings. The Morgan fingerprint density at radius 1 is 1.03 bits per heavy atom. The van der Waals surface area contributed by atoms with E-state index >= 15 is 0 Å². The predicted molar refractivity (Wildman–Crippen MR) is 108 cm³/mol. The molecule has 0 bridgehead atoms. The molecule has 30 heavy (non-hydrogen) atoms. The molecule has 0 aliphatic rings. The van der Waals surface area contributed by atoms with E-state index in [0.29, 0.717) is 29.0 Å². The lowest BCUT2D eigenvalue weighted by Gasteiger charge is -2.09. The van der Waals surface area contributed by atoms with E-state index in [1.165, 1.54) is 6.07 Å². The number of aromatic nitrogens is 6. The van der Waals surface area contributed by atoms with E-state index in [9.17, 15) is 9.65 Å². The van der Waals surface area contributed by atoms with Gasteiger partial charge in [0.25, 0.3) is 0 Å². The molecule has 3 aromatic heterocycles. The number of nitriles is 1. The van der Waals surface area contributed by atoms with Gasteiger partial charge in [-0.15, -0.1) is 5.10 Å². The number of hydrogen-bond acceptors (Lipinski definition) is 5. The van der Waals surface area contributed by atoms with Crippen molar-refractivity contribution in [3.8, 4) is 28.5 Å². The number of imidazole rings is 1. The summed E-state index contributed by atoms with van der Waals surface area (Å²) in [5, 5.41) is 17.1. The summed E-state index contributed by atoms with van der Waals surface area (Å²) in [7, 11) is 0. The van der Waals surface area contributed by atoms with Crippen LogP contribution in [0.5, 0.6) is 0 Å². The molecule has 2 aromatic carbocycles. The first-order chi connectivity index (χ1) is 14.7. The lowest BCUT2D eigenvalue weighted by atomic mass is 9.97. The van der Waals surface area contributed by atoms with E-state index in [0.717, 1.165) is 17.0 Å². The highest BCUT2D eigenvalue weighted by Crippen LogP contribution is 2.31. The molecule has 0 aliphatic carbocycles. The lowest BCUT2D eigenvalue weighted by Crippen LogP contribution is -2.04. The van der Waals surface area contributed by atoms with Gasteiger partial charge >= 0.3 is 0 Å². The lowest BCUT2D eigenvalue weighted by molar-refractivity contribution is 0.631. The molecular formula is C22H14FN7. The molecule has 7 nitrogen and oxygen atoms in total. The number of halogens is 1. The third-order valence-corrected chi connectivity index (χ3v) is 4.83. The van der Waals surface area contributed by atoms with Gasteiger partial charge in [0.15, 0.2) is 0 Å². The molecule has 0 amide bonds. The molecule has 0 saturated heterocycles. The van der Waals surface area contributed by atoms with Crippen LogP contribution >= 0.6 is 0 Å². The molecular weight excluding hydrogens is 381 g/mol. The second-order valence-corrected chi connectivity index (χ2v) is 6.68. The molecule has 0 radical (unpaired) electrons. The molecule has 0 unspecified atom stereocenters. The average Bonchev–Trinajstić information content (AvgIpc) is 3.44. The predicted octanol–water partition coefficient (Wildman–Crippen LogP) is 3.71. The largest absolute Gasteiger partial charge is 0.284 e. The molecule has 0 spiro atoms. The van der Waals surface area contributed by atoms with Gasteiger partial charge in [0, 0.05) is 29.1 Å². The van der Waals surface area contributed by atoms with E-state index in [1.54, 1.807) is 59.7 Å². The van der Waals surface area contributed by atoms with Crippen LogP contribution in [0.4, 0.5) is 4.39 Å². The Labute approximate surface area is 170 Å². The Kier molecular flexibility index (Phi) is 4.26. The number of nitrogens with zero attached hydrogens (tertiary/aromatic N) is 7. The molecule has 0 saturated carbocycles. The van der Waals surface area contributed by atoms with E-state index < -0.39 is 0 Å². The van der Waals surface area contributed by atoms with Crippen LogP contribution in [-0.4, -0.2) is 29.4 Å². The monoisotopic (exact) mass is 395 g/mol. The van der Waals surface area contributed by atoms with E-state index in [-0.39, 0.29) is 5.82 Å². The first-order valence-electron chi connectivity index (χ1n) is 9.19. The van der Waals surface area contributed by atoms with Crippen molar-refractivity contribution in [2.45, 2.75) is 6.54 Å². The van der Waals surface area contributed by atoms with Crippen molar-refractivity contribution < 1.29 is 4.39 Å². The minimum Gasteiger partial charge on any atom is -0.284 e. The highest BCUT2D eigenvalue weighted by atomic mass is 19.1. The third kappa shape index (κ3) is 3.08. The molecule has 0 fully saturated rings. The van der Waals surface area contributed by atoms with Crippen molar-refractivity contribution in [3.05, 3.63) is 90.4 Å². The van der Waals surface area contributed by atoms with Gasteiger partial charge in [-0.25, -0.2) is 19.0 Å². The minimum absolute atomic E-state index is 0.371. The summed E-state index contributed by atoms with van der Waals surface area (Å²) in [4.78, 5) is 8.97. The minimum atomic E-state index is -0.386. The van der Waals surface area contributed by atoms with Crippen LogP contribution in [0.3, 0.4) is 0 Å². The smallest absolute Gasteiger partial charge is 0.234 e. The highest BCUT2D eigenvalue weighted by Gasteiger charge is 2.14. The van der Waals surface area contributed by atoms with Crippen LogP contribution in [0.2, 0.25) is 0 Å². The van der Waals surface area contributed by atoms with Crippen molar-refractivity contribution >= 4 is 5.78 Å². The van der Waals surface area contributed by atoms with Gasteiger partial charge in [0.2, 0.25) is 5.78 Å². The van der Waals surface area contributed by atoms with E-state index in [2.05, 4.69) is 26.3 Å². The van der Waals surface area contributed by atoms with Crippen LogP contribution in [0, 0.1) is 17.1 Å². The fourth-order valence-electron chi connectivity index (χ4n) is 3.40. The number of benzene rings is 2. The van der Waals surface area contributed by atoms with Gasteiger partial charge in [0.1, 0.15) is 5.82 Å². The van der Waals surface area contributed by atoms with Gasteiger partial charge in [-0.1, -0.05) is 23.4 Å². The summed E-state index contributed by atoms with van der Waals surface area (Å²) >= 11 is 0. The number of fused-ring (bicyclic) bond motifs is 1. The van der Waals surface area contributed by atoms with Crippen molar-refractivity contribution in [2.75, 3.05) is 0 Å². The van der Waals surface area contributed by atoms with Crippen LogP contribution in [-0.2, 0) is 6.54 Å². The maximum absolute atomic E-state index is 14.6. The number of hydrogen-bond donors (Lipinski definition) is 0. The summed E-state index contributed by atoms with van der Waals surface area (Å²) in [6, 6.07) is 15.8. The van der Waals surface area contributed by atoms with Crippen LogP contribution in [0.15, 0.2) is 73.3 Å². The van der Waals surface area contributed by atoms with Crippen molar-refractivity contribution in [1.82, 2.24) is 29.4 Å². The fourth-order valence-corrected chi connectivity index (χ4v) is 3.40. The van der Waals surface area contributed by atoms with Crippen LogP contribution in [0.25, 0.3) is 28.2 Å². The van der Waals surface area contributed by atoms with E-state index in [1.807, 2.05) is 16.7 Å². The van der Waals surface area contributed by atoms with Gasteiger partial charge in [-0.2, -0.15) is 5.26 Å². The Balaban J connectivity index is 1.57. The van der Waals surface area contributed by atoms with Gasteiger partial charge in [0.05, 0.1) is 42.0 Å². The van der Waals surface area contributed by atoms with Gasteiger partial charge in [-0.3, -0.25) is 4.40 Å². The Morgan fingerprint density at radius 3 is 2.77 bits per heavy atom. The Hall–Kier alpha value is -4.38. The summed E-state index contributed by atoms with van der Waals surface area (Å²) < 4.78 is 18.1. The van der Waals surface area contributed by atoms with Crippen molar-refractivity contribution in [1.29, 1.82) is 5.26 Å². The first-order valence-corrected chi connectivity index (χ1v) is 9.19. The van der Waals surface area contributed by atoms with Crippen molar-refractivity contribution in [3.63, 3.8) is 0 Å². The van der Waals surface area contributed by atoms with Crippen molar-refractivity contribution in [2.24, 2.45) is 0 Å². The fraction of sp³-hybridized carbons (Fsp3) is 0.0455. The molecule has 5 rings (SSSR count). The van der Waals surface area contributed by atoms with Crippen LogP contribution < -0.4 is 0 Å². The second-order valence-electron chi connectivity index (χ2n) is 6.68. The molecule has 3 heterocycles. The standard InChI is InChI=1S/C22H14FN7/c23-20-6-5-15(11-19(20)18-4-2-1-3-16(18)12-24)21-13-25-22-27-17(7-9-30(21)22)14-29-10-8-26-28-29/h1-11,13H,14H2. The second kappa shape index (κ2) is 7.22. The summed E-state index contributed by atoms with van der Waals surface area (Å²) in [5.74, 6) is 0.148. The molecule has 8 heteroatoms. The molecule has 0 N–H and O–H groups in total. The molecule has 144 valence electrons. The third-order valence-electron chi connectivity index (χ3n) is 4.83. The van der Waals surface area contributed by atoms with Gasteiger partial charge < -0.3 is 0 Å². The molecule has 0 atom stereocenters. The zero-order valence-electron chi connectivity index (χ0n) is 15.6. The topological polar surface area (TPSA) is 84.7 Å². The summed E-state index contributed by atoms with van der Waals surface area (Å²) in [6.45, 7) is 0.490. The van der Waals surface area contributed by atoms with E-state index in [4.69, 9.17) is 0 Å². The zero-order chi connectivity index (χ0) is 20.5. The van der Waals surface area contributed by atoms with Gasteiger partial charge in [-0.05, 0) is 30.3 Å². The zero-order valence-corrected chi connectivity index (χ0v) is 15.6. The maximum atomic E-state index is 14.6. The highest BCUT2D eigenvalue weighted by molar-refractivity contribution is 5.76. The van der Waals surface area contributed by atoms with Crippen LogP contribution in [0.1, 0.15) is 11.3 Å². The SMILES string of the molecule is N#Cc1ccccc1-c1cc(-c2cnc3nc(Cn4ccnn4)ccn23)ccc1F. The molecule has 0 aliphatic heterocycles.